The Bertz CT molecular complexity index is 1320. The lowest BCUT2D eigenvalue weighted by atomic mass is 9.93. The Kier molecular flexibility index (Phi) is 9.26. The molecule has 3 heterocycles. The van der Waals surface area contributed by atoms with Crippen LogP contribution in [0.15, 0.2) is 42.5 Å². The summed E-state index contributed by atoms with van der Waals surface area (Å²) in [6, 6.07) is 14.3. The number of aromatic nitrogens is 1. The Balaban J connectivity index is 1.34. The quantitative estimate of drug-likeness (QED) is 0.513. The topological polar surface area (TPSA) is 86.9 Å². The van der Waals surface area contributed by atoms with Crippen LogP contribution < -0.4 is 14.8 Å². The number of rotatable bonds is 4. The second-order valence-corrected chi connectivity index (χ2v) is 11.2. The standard InChI is InChI=1S/C32H42N4O4/c1-35-16-5-7-23(21-35)11-13-32(38)36-17-6-18-40-30-20-24(10-12-29(30)39-2)19-28-26(14-15-33-31(37)22-36)25-8-3-4-9-27(25)34-28/h3-4,8-10,12,20,23,34H,5-7,11,13-19,21-22H2,1-2H3,(H,33,37). The first-order valence-corrected chi connectivity index (χ1v) is 14.6. The third-order valence-electron chi connectivity index (χ3n) is 8.21. The third kappa shape index (κ3) is 6.97. The molecule has 0 radical (unpaired) electrons. The van der Waals surface area contributed by atoms with Gasteiger partial charge in [-0.3, -0.25) is 9.59 Å². The molecule has 5 rings (SSSR count). The van der Waals surface area contributed by atoms with Crippen LogP contribution in [-0.2, 0) is 22.4 Å². The fraction of sp³-hybridized carbons (Fsp3) is 0.500. The number of nitrogens with zero attached hydrogens (tertiary/aromatic N) is 2. The molecule has 1 aromatic heterocycles. The van der Waals surface area contributed by atoms with Crippen LogP contribution in [0.1, 0.15) is 48.9 Å². The smallest absolute Gasteiger partial charge is 0.239 e. The average Bonchev–Trinajstić information content (AvgIpc) is 3.29. The van der Waals surface area contributed by atoms with Gasteiger partial charge >= 0.3 is 0 Å². The SMILES string of the molecule is COc1ccc2cc1OCCCN(C(=O)CCC1CCCN(C)C1)CC(=O)NCCc1c([nH]c3ccccc13)C2. The van der Waals surface area contributed by atoms with Gasteiger partial charge in [0.2, 0.25) is 11.8 Å². The van der Waals surface area contributed by atoms with E-state index in [2.05, 4.69) is 40.4 Å². The minimum absolute atomic E-state index is 0.0444. The van der Waals surface area contributed by atoms with E-state index in [-0.39, 0.29) is 18.4 Å². The number of benzene rings is 2. The maximum atomic E-state index is 13.3. The molecule has 8 nitrogen and oxygen atoms in total. The van der Waals surface area contributed by atoms with Crippen molar-refractivity contribution >= 4 is 22.7 Å². The van der Waals surface area contributed by atoms with Gasteiger partial charge in [-0.05, 0) is 80.9 Å². The predicted octanol–water partition coefficient (Wildman–Crippen LogP) is 4.16. The zero-order valence-electron chi connectivity index (χ0n) is 23.8. The molecule has 0 aliphatic carbocycles. The summed E-state index contributed by atoms with van der Waals surface area (Å²) in [6.45, 7) is 3.66. The van der Waals surface area contributed by atoms with E-state index in [1.165, 1.54) is 23.8 Å². The van der Waals surface area contributed by atoms with Crippen molar-refractivity contribution in [3.63, 3.8) is 0 Å². The van der Waals surface area contributed by atoms with Crippen LogP contribution in [0.3, 0.4) is 0 Å². The second-order valence-electron chi connectivity index (χ2n) is 11.2. The van der Waals surface area contributed by atoms with Crippen molar-refractivity contribution < 1.29 is 19.1 Å². The molecule has 0 spiro atoms. The van der Waals surface area contributed by atoms with E-state index in [4.69, 9.17) is 9.47 Å². The van der Waals surface area contributed by atoms with Crippen molar-refractivity contribution in [3.8, 4) is 11.5 Å². The molecule has 2 N–H and O–H groups in total. The first-order chi connectivity index (χ1) is 19.5. The third-order valence-corrected chi connectivity index (χ3v) is 8.21. The van der Waals surface area contributed by atoms with Crippen LogP contribution in [0.25, 0.3) is 10.9 Å². The Morgan fingerprint density at radius 1 is 1.15 bits per heavy atom. The molecule has 1 unspecified atom stereocenters. The number of ether oxygens (including phenoxy) is 2. The second kappa shape index (κ2) is 13.2. The highest BCUT2D eigenvalue weighted by atomic mass is 16.5. The van der Waals surface area contributed by atoms with Gasteiger partial charge in [-0.2, -0.15) is 0 Å². The van der Waals surface area contributed by atoms with Gasteiger partial charge in [-0.1, -0.05) is 24.3 Å². The van der Waals surface area contributed by atoms with Crippen molar-refractivity contribution in [1.82, 2.24) is 20.1 Å². The van der Waals surface area contributed by atoms with Crippen molar-refractivity contribution in [2.75, 3.05) is 53.5 Å². The normalized spacial score (nSPS) is 19.5. The Hall–Kier alpha value is -3.52. The van der Waals surface area contributed by atoms with Gasteiger partial charge in [-0.15, -0.1) is 0 Å². The summed E-state index contributed by atoms with van der Waals surface area (Å²) in [5.74, 6) is 1.85. The molecule has 8 heteroatoms. The van der Waals surface area contributed by atoms with Crippen LogP contribution in [0.5, 0.6) is 11.5 Å². The summed E-state index contributed by atoms with van der Waals surface area (Å²) in [6.07, 6.45) is 5.74. The molecule has 1 saturated heterocycles. The number of carbonyl (C=O) groups is 2. The lowest BCUT2D eigenvalue weighted by Gasteiger charge is -2.30. The fourth-order valence-corrected chi connectivity index (χ4v) is 6.12. The molecule has 2 amide bonds. The van der Waals surface area contributed by atoms with E-state index in [1.807, 2.05) is 24.3 Å². The van der Waals surface area contributed by atoms with Crippen LogP contribution in [-0.4, -0.2) is 80.1 Å². The number of methoxy groups -OCH3 is 1. The Morgan fingerprint density at radius 3 is 2.88 bits per heavy atom. The number of aromatic amines is 1. The van der Waals surface area contributed by atoms with Crippen LogP contribution >= 0.6 is 0 Å². The Morgan fingerprint density at radius 2 is 2.02 bits per heavy atom. The van der Waals surface area contributed by atoms with Gasteiger partial charge < -0.3 is 29.6 Å². The summed E-state index contributed by atoms with van der Waals surface area (Å²) in [5.41, 5.74) is 4.53. The lowest BCUT2D eigenvalue weighted by molar-refractivity contribution is -0.136. The van der Waals surface area contributed by atoms with Gasteiger partial charge in [0.1, 0.15) is 0 Å². The van der Waals surface area contributed by atoms with Gasteiger partial charge in [0, 0.05) is 49.1 Å². The summed E-state index contributed by atoms with van der Waals surface area (Å²) in [7, 11) is 3.79. The predicted molar refractivity (Wildman–Crippen MR) is 157 cm³/mol. The minimum Gasteiger partial charge on any atom is -0.493 e. The molecular formula is C32H42N4O4. The zero-order chi connectivity index (χ0) is 27.9. The lowest BCUT2D eigenvalue weighted by Crippen LogP contribution is -2.42. The molecule has 2 bridgehead atoms. The van der Waals surface area contributed by atoms with E-state index in [0.717, 1.165) is 42.7 Å². The number of nitrogens with one attached hydrogen (secondary N) is 2. The van der Waals surface area contributed by atoms with Crippen molar-refractivity contribution in [3.05, 3.63) is 59.3 Å². The molecule has 2 aliphatic rings. The number of amides is 2. The highest BCUT2D eigenvalue weighted by Gasteiger charge is 2.22. The molecule has 2 aliphatic heterocycles. The summed E-state index contributed by atoms with van der Waals surface area (Å²) in [4.78, 5) is 33.9. The van der Waals surface area contributed by atoms with Gasteiger partial charge in [0.05, 0.1) is 20.3 Å². The monoisotopic (exact) mass is 546 g/mol. The van der Waals surface area contributed by atoms with Crippen molar-refractivity contribution in [1.29, 1.82) is 0 Å². The Labute approximate surface area is 237 Å². The molecular weight excluding hydrogens is 504 g/mol. The number of likely N-dealkylation sites (tertiary alicyclic amines) is 1. The van der Waals surface area contributed by atoms with Gasteiger partial charge in [0.15, 0.2) is 11.5 Å². The highest BCUT2D eigenvalue weighted by molar-refractivity contribution is 5.86. The molecule has 1 fully saturated rings. The minimum atomic E-state index is -0.118. The van der Waals surface area contributed by atoms with E-state index in [9.17, 15) is 9.59 Å². The summed E-state index contributed by atoms with van der Waals surface area (Å²) >= 11 is 0. The number of H-pyrrole nitrogens is 1. The zero-order valence-corrected chi connectivity index (χ0v) is 23.8. The largest absolute Gasteiger partial charge is 0.493 e. The first-order valence-electron chi connectivity index (χ1n) is 14.6. The first kappa shape index (κ1) is 28.0. The van der Waals surface area contributed by atoms with E-state index >= 15 is 0 Å². The number of fused-ring (bicyclic) bond motifs is 5. The van der Waals surface area contributed by atoms with Crippen molar-refractivity contribution in [2.24, 2.45) is 5.92 Å². The summed E-state index contributed by atoms with van der Waals surface area (Å²) < 4.78 is 11.7. The van der Waals surface area contributed by atoms with E-state index in [0.29, 0.717) is 56.4 Å². The average molecular weight is 547 g/mol. The van der Waals surface area contributed by atoms with Gasteiger partial charge in [0.25, 0.3) is 0 Å². The van der Waals surface area contributed by atoms with Crippen LogP contribution in [0.2, 0.25) is 0 Å². The molecule has 3 aromatic rings. The number of carbonyl (C=O) groups excluding carboxylic acids is 2. The molecule has 0 saturated carbocycles. The highest BCUT2D eigenvalue weighted by Crippen LogP contribution is 2.31. The number of hydrogen-bond acceptors (Lipinski definition) is 5. The van der Waals surface area contributed by atoms with E-state index < -0.39 is 0 Å². The van der Waals surface area contributed by atoms with Gasteiger partial charge in [-0.25, -0.2) is 0 Å². The molecule has 2 aromatic carbocycles. The van der Waals surface area contributed by atoms with Crippen molar-refractivity contribution in [2.45, 2.75) is 44.9 Å². The molecule has 214 valence electrons. The molecule has 40 heavy (non-hydrogen) atoms. The number of hydrogen-bond donors (Lipinski definition) is 2. The number of piperidine rings is 1. The van der Waals surface area contributed by atoms with E-state index in [1.54, 1.807) is 12.0 Å². The molecule has 1 atom stereocenters. The summed E-state index contributed by atoms with van der Waals surface area (Å²) in [5, 5.41) is 4.25. The number of para-hydroxylation sites is 1. The van der Waals surface area contributed by atoms with Crippen LogP contribution in [0.4, 0.5) is 0 Å². The maximum absolute atomic E-state index is 13.3. The maximum Gasteiger partial charge on any atom is 0.239 e. The van der Waals surface area contributed by atoms with Crippen LogP contribution in [0, 0.1) is 5.92 Å². The fourth-order valence-electron chi connectivity index (χ4n) is 6.12.